The number of benzene rings is 2. The van der Waals surface area contributed by atoms with Crippen molar-refractivity contribution in [3.05, 3.63) is 75.9 Å². The van der Waals surface area contributed by atoms with Gasteiger partial charge in [-0.3, -0.25) is 0 Å². The predicted molar refractivity (Wildman–Crippen MR) is 162 cm³/mol. The second-order valence-corrected chi connectivity index (χ2v) is 11.2. The number of rotatable bonds is 16. The molecule has 1 heteroatoms. The average Bonchev–Trinajstić information content (AvgIpc) is 2.83. The van der Waals surface area contributed by atoms with Crippen molar-refractivity contribution >= 4 is 22.7 Å². The van der Waals surface area contributed by atoms with Gasteiger partial charge in [0.15, 0.2) is 0 Å². The first-order valence-corrected chi connectivity index (χ1v) is 14.6. The Balaban J connectivity index is 1.97. The summed E-state index contributed by atoms with van der Waals surface area (Å²) in [6.45, 7) is 18.0. The molecule has 0 nitrogen and oxygen atoms in total. The minimum Gasteiger partial charge on any atom is -0.0952 e. The monoisotopic (exact) mass is 490 g/mol. The van der Waals surface area contributed by atoms with E-state index in [0.717, 1.165) is 30.0 Å². The van der Waals surface area contributed by atoms with Gasteiger partial charge in [-0.05, 0) is 110 Å². The molecule has 2 aromatic carbocycles. The molecule has 0 aliphatic rings. The zero-order chi connectivity index (χ0) is 25.8. The molecular formula is C34H50S. The van der Waals surface area contributed by atoms with Crippen LogP contribution in [0.4, 0.5) is 0 Å². The number of hydrogen-bond acceptors (Lipinski definition) is 1. The Bertz CT molecular complexity index is 965. The highest BCUT2D eigenvalue weighted by atomic mass is 32.1. The Morgan fingerprint density at radius 1 is 0.800 bits per heavy atom. The lowest BCUT2D eigenvalue weighted by atomic mass is 9.86. The lowest BCUT2D eigenvalue weighted by molar-refractivity contribution is 0.434. The molecule has 0 N–H and O–H groups in total. The van der Waals surface area contributed by atoms with Gasteiger partial charge in [0, 0.05) is 4.86 Å². The molecule has 2 aromatic rings. The van der Waals surface area contributed by atoms with Crippen LogP contribution in [0.15, 0.2) is 36.9 Å². The molecule has 192 valence electrons. The van der Waals surface area contributed by atoms with Gasteiger partial charge in [0.05, 0.1) is 0 Å². The fraction of sp³-hybridized carbons (Fsp3) is 0.559. The first-order chi connectivity index (χ1) is 16.8. The number of hydrogen-bond donors (Lipinski definition) is 0. The van der Waals surface area contributed by atoms with Crippen molar-refractivity contribution in [2.45, 2.75) is 119 Å². The first kappa shape index (κ1) is 29.5. The topological polar surface area (TPSA) is 0 Å². The molecule has 0 heterocycles. The van der Waals surface area contributed by atoms with Crippen LogP contribution < -0.4 is 0 Å². The minimum absolute atomic E-state index is 0.735. The predicted octanol–water partition coefficient (Wildman–Crippen LogP) is 10.7. The van der Waals surface area contributed by atoms with Crippen molar-refractivity contribution in [2.24, 2.45) is 5.92 Å². The molecule has 2 rings (SSSR count). The van der Waals surface area contributed by atoms with Crippen LogP contribution in [0.2, 0.25) is 0 Å². The maximum Gasteiger partial charge on any atom is 0.0224 e. The van der Waals surface area contributed by atoms with Crippen LogP contribution in [-0.4, -0.2) is 4.86 Å². The summed E-state index contributed by atoms with van der Waals surface area (Å²) < 4.78 is 0. The van der Waals surface area contributed by atoms with Crippen LogP contribution in [-0.2, 0) is 12.8 Å². The third kappa shape index (κ3) is 9.34. The fourth-order valence-corrected chi connectivity index (χ4v) is 5.65. The van der Waals surface area contributed by atoms with E-state index in [0.29, 0.717) is 0 Å². The van der Waals surface area contributed by atoms with Crippen LogP contribution >= 0.6 is 12.2 Å². The Labute approximate surface area is 222 Å². The van der Waals surface area contributed by atoms with Crippen LogP contribution in [0.5, 0.6) is 0 Å². The summed E-state index contributed by atoms with van der Waals surface area (Å²) >= 11 is 5.82. The molecule has 0 aromatic heterocycles. The second-order valence-electron chi connectivity index (χ2n) is 10.7. The first-order valence-electron chi connectivity index (χ1n) is 14.2. The highest BCUT2D eigenvalue weighted by Gasteiger charge is 2.13. The van der Waals surface area contributed by atoms with E-state index >= 15 is 0 Å². The molecule has 0 fully saturated rings. The molecule has 0 saturated heterocycles. The van der Waals surface area contributed by atoms with Crippen LogP contribution in [0, 0.1) is 26.7 Å². The van der Waals surface area contributed by atoms with E-state index < -0.39 is 0 Å². The second kappa shape index (κ2) is 15.4. The van der Waals surface area contributed by atoms with Gasteiger partial charge in [-0.1, -0.05) is 108 Å². The van der Waals surface area contributed by atoms with Crippen LogP contribution in [0.3, 0.4) is 0 Å². The largest absolute Gasteiger partial charge is 0.0952 e. The summed E-state index contributed by atoms with van der Waals surface area (Å²) in [7, 11) is 0. The summed E-state index contributed by atoms with van der Waals surface area (Å²) in [5.41, 5.74) is 11.2. The van der Waals surface area contributed by atoms with Crippen molar-refractivity contribution in [3.8, 4) is 0 Å². The maximum absolute atomic E-state index is 5.82. The molecule has 0 aliphatic heterocycles. The summed E-state index contributed by atoms with van der Waals surface area (Å²) in [5, 5.41) is 0. The normalized spacial score (nSPS) is 12.1. The van der Waals surface area contributed by atoms with Gasteiger partial charge in [-0.15, -0.1) is 0 Å². The van der Waals surface area contributed by atoms with Crippen LogP contribution in [0.25, 0.3) is 5.57 Å². The molecule has 0 radical (unpaired) electrons. The molecule has 0 bridgehead atoms. The van der Waals surface area contributed by atoms with Crippen molar-refractivity contribution in [3.63, 3.8) is 0 Å². The van der Waals surface area contributed by atoms with Gasteiger partial charge in [0.25, 0.3) is 0 Å². The van der Waals surface area contributed by atoms with Gasteiger partial charge in [-0.25, -0.2) is 0 Å². The molecule has 35 heavy (non-hydrogen) atoms. The Kier molecular flexibility index (Phi) is 13.0. The van der Waals surface area contributed by atoms with E-state index in [1.165, 1.54) is 96.7 Å². The Hall–Kier alpha value is -1.73. The maximum atomic E-state index is 5.82. The summed E-state index contributed by atoms with van der Waals surface area (Å²) in [6, 6.07) is 11.6. The Morgan fingerprint density at radius 3 is 2.20 bits per heavy atom. The van der Waals surface area contributed by atoms with E-state index in [4.69, 9.17) is 12.2 Å². The van der Waals surface area contributed by atoms with Crippen molar-refractivity contribution in [2.75, 3.05) is 0 Å². The van der Waals surface area contributed by atoms with Crippen molar-refractivity contribution < 1.29 is 0 Å². The van der Waals surface area contributed by atoms with E-state index in [1.54, 1.807) is 5.56 Å². The minimum atomic E-state index is 0.735. The molecule has 0 amide bonds. The Morgan fingerprint density at radius 2 is 1.54 bits per heavy atom. The van der Waals surface area contributed by atoms with Crippen molar-refractivity contribution in [1.29, 1.82) is 0 Å². The van der Waals surface area contributed by atoms with E-state index in [2.05, 4.69) is 78.5 Å². The number of aryl methyl sites for hydroxylation is 4. The van der Waals surface area contributed by atoms with Gasteiger partial charge >= 0.3 is 0 Å². The lowest BCUT2D eigenvalue weighted by Crippen LogP contribution is -2.05. The van der Waals surface area contributed by atoms with Crippen LogP contribution in [0.1, 0.15) is 124 Å². The summed E-state index contributed by atoms with van der Waals surface area (Å²) in [4.78, 5) is 1.15. The molecule has 0 aliphatic carbocycles. The lowest BCUT2D eigenvalue weighted by Gasteiger charge is -2.19. The third-order valence-corrected chi connectivity index (χ3v) is 8.14. The third-order valence-electron chi connectivity index (χ3n) is 7.70. The van der Waals surface area contributed by atoms with Gasteiger partial charge in [0.1, 0.15) is 0 Å². The molecule has 1 unspecified atom stereocenters. The quantitative estimate of drug-likeness (QED) is 0.128. The average molecular weight is 491 g/mol. The summed E-state index contributed by atoms with van der Waals surface area (Å²) in [5.74, 6) is 0.735. The highest BCUT2D eigenvalue weighted by Crippen LogP contribution is 2.29. The number of unbranched alkanes of at least 4 members (excludes halogenated alkanes) is 3. The number of thiocarbonyl (C=S) groups is 1. The van der Waals surface area contributed by atoms with E-state index in [1.807, 2.05) is 0 Å². The van der Waals surface area contributed by atoms with Crippen molar-refractivity contribution in [1.82, 2.24) is 0 Å². The SMILES string of the molecule is C=C(CC(CCC)CCCCc1cc(C(=S)CCCCC)cc(C)c1CC)c1ccc(C)c(C)c1. The molecule has 1 atom stereocenters. The molecule has 0 saturated carbocycles. The standard InChI is InChI=1S/C34H50S/c1-8-11-12-18-34(35)32-23-28(7)33(10-3)31(24-32)17-14-13-16-29(15-9-2)21-27(6)30-20-19-25(4)26(5)22-30/h19-20,22-24,29H,6,8-18,21H2,1-5,7H3. The number of allylic oxidation sites excluding steroid dienone is 1. The highest BCUT2D eigenvalue weighted by molar-refractivity contribution is 7.80. The molecule has 0 spiro atoms. The smallest absolute Gasteiger partial charge is 0.0224 e. The zero-order valence-corrected chi connectivity index (χ0v) is 24.4. The van der Waals surface area contributed by atoms with Gasteiger partial charge < -0.3 is 0 Å². The van der Waals surface area contributed by atoms with E-state index in [-0.39, 0.29) is 0 Å². The zero-order valence-electron chi connectivity index (χ0n) is 23.6. The van der Waals surface area contributed by atoms with Gasteiger partial charge in [-0.2, -0.15) is 0 Å². The van der Waals surface area contributed by atoms with E-state index in [9.17, 15) is 0 Å². The van der Waals surface area contributed by atoms with Gasteiger partial charge in [0.2, 0.25) is 0 Å². The summed E-state index contributed by atoms with van der Waals surface area (Å²) in [6.07, 6.45) is 14.6. The molecular weight excluding hydrogens is 440 g/mol. The fourth-order valence-electron chi connectivity index (χ4n) is 5.39.